The molecule has 1 aliphatic rings. The maximum absolute atomic E-state index is 5.99. The molecule has 1 heterocycles. The Kier molecular flexibility index (Phi) is 4.56. The molecule has 0 aromatic heterocycles. The van der Waals surface area contributed by atoms with Gasteiger partial charge in [0.2, 0.25) is 0 Å². The standard InChI is InChI=1S/C12H27N3/c1-12(2,13)10-15(4)8-6-11-5-7-14(3)9-11/h11H,5-10,13H2,1-4H3. The van der Waals surface area contributed by atoms with Gasteiger partial charge >= 0.3 is 0 Å². The van der Waals surface area contributed by atoms with E-state index in [2.05, 4.69) is 37.7 Å². The van der Waals surface area contributed by atoms with E-state index in [4.69, 9.17) is 5.73 Å². The third kappa shape index (κ3) is 5.50. The molecule has 0 amide bonds. The zero-order valence-corrected chi connectivity index (χ0v) is 10.8. The van der Waals surface area contributed by atoms with Gasteiger partial charge in [-0.3, -0.25) is 0 Å². The number of likely N-dealkylation sites (N-methyl/N-ethyl adjacent to an activating group) is 1. The second-order valence-electron chi connectivity index (χ2n) is 5.93. The van der Waals surface area contributed by atoms with Gasteiger partial charge in [0.25, 0.3) is 0 Å². The van der Waals surface area contributed by atoms with Crippen LogP contribution in [0.25, 0.3) is 0 Å². The van der Waals surface area contributed by atoms with Crippen LogP contribution in [0, 0.1) is 5.92 Å². The van der Waals surface area contributed by atoms with Crippen molar-refractivity contribution in [3.05, 3.63) is 0 Å². The molecule has 90 valence electrons. The van der Waals surface area contributed by atoms with Crippen molar-refractivity contribution in [1.29, 1.82) is 0 Å². The first kappa shape index (κ1) is 12.9. The molecule has 0 radical (unpaired) electrons. The number of likely N-dealkylation sites (tertiary alicyclic amines) is 1. The van der Waals surface area contributed by atoms with E-state index in [0.29, 0.717) is 0 Å². The van der Waals surface area contributed by atoms with Gasteiger partial charge < -0.3 is 15.5 Å². The lowest BCUT2D eigenvalue weighted by Gasteiger charge is -2.27. The highest BCUT2D eigenvalue weighted by atomic mass is 15.1. The summed E-state index contributed by atoms with van der Waals surface area (Å²) in [6.45, 7) is 8.89. The number of nitrogens with two attached hydrogens (primary N) is 1. The molecule has 1 fully saturated rings. The summed E-state index contributed by atoms with van der Waals surface area (Å²) in [6.07, 6.45) is 2.69. The molecule has 2 N–H and O–H groups in total. The monoisotopic (exact) mass is 213 g/mol. The third-order valence-electron chi connectivity index (χ3n) is 3.09. The van der Waals surface area contributed by atoms with Crippen LogP contribution in [0.4, 0.5) is 0 Å². The fourth-order valence-electron chi connectivity index (χ4n) is 2.44. The molecule has 0 saturated carbocycles. The van der Waals surface area contributed by atoms with Crippen LogP contribution < -0.4 is 5.73 Å². The topological polar surface area (TPSA) is 32.5 Å². The maximum Gasteiger partial charge on any atom is 0.0225 e. The minimum atomic E-state index is -0.0682. The second kappa shape index (κ2) is 5.28. The summed E-state index contributed by atoms with van der Waals surface area (Å²) in [5.74, 6) is 0.901. The average molecular weight is 213 g/mol. The summed E-state index contributed by atoms with van der Waals surface area (Å²) < 4.78 is 0. The van der Waals surface area contributed by atoms with Gasteiger partial charge in [-0.05, 0) is 59.8 Å². The maximum atomic E-state index is 5.99. The van der Waals surface area contributed by atoms with Crippen LogP contribution in [0.3, 0.4) is 0 Å². The highest BCUT2D eigenvalue weighted by Crippen LogP contribution is 2.18. The molecule has 0 spiro atoms. The molecule has 1 rings (SSSR count). The molecule has 3 nitrogen and oxygen atoms in total. The third-order valence-corrected chi connectivity index (χ3v) is 3.09. The Hall–Kier alpha value is -0.120. The van der Waals surface area contributed by atoms with Gasteiger partial charge in [-0.2, -0.15) is 0 Å². The first-order valence-electron chi connectivity index (χ1n) is 6.03. The molecular weight excluding hydrogens is 186 g/mol. The molecule has 0 aromatic carbocycles. The second-order valence-corrected chi connectivity index (χ2v) is 5.93. The molecule has 3 heteroatoms. The average Bonchev–Trinajstić information content (AvgIpc) is 2.45. The summed E-state index contributed by atoms with van der Waals surface area (Å²) in [7, 11) is 4.39. The van der Waals surface area contributed by atoms with Gasteiger partial charge in [-0.15, -0.1) is 0 Å². The van der Waals surface area contributed by atoms with E-state index < -0.39 is 0 Å². The van der Waals surface area contributed by atoms with Gasteiger partial charge in [0.05, 0.1) is 0 Å². The molecule has 1 saturated heterocycles. The Balaban J connectivity index is 2.14. The van der Waals surface area contributed by atoms with E-state index in [1.165, 1.54) is 32.5 Å². The SMILES string of the molecule is CN1CCC(CCN(C)CC(C)(C)N)C1. The van der Waals surface area contributed by atoms with Crippen molar-refractivity contribution in [1.82, 2.24) is 9.80 Å². The lowest BCUT2D eigenvalue weighted by molar-refractivity contribution is 0.250. The van der Waals surface area contributed by atoms with Crippen molar-refractivity contribution >= 4 is 0 Å². The lowest BCUT2D eigenvalue weighted by Crippen LogP contribution is -2.44. The van der Waals surface area contributed by atoms with Crippen LogP contribution >= 0.6 is 0 Å². The molecule has 1 atom stereocenters. The van der Waals surface area contributed by atoms with Crippen molar-refractivity contribution in [3.8, 4) is 0 Å². The van der Waals surface area contributed by atoms with E-state index >= 15 is 0 Å². The molecule has 1 unspecified atom stereocenters. The minimum Gasteiger partial charge on any atom is -0.324 e. The van der Waals surface area contributed by atoms with E-state index in [0.717, 1.165) is 12.5 Å². The lowest BCUT2D eigenvalue weighted by atomic mass is 10.0. The summed E-state index contributed by atoms with van der Waals surface area (Å²) >= 11 is 0. The van der Waals surface area contributed by atoms with Crippen LogP contribution in [0.5, 0.6) is 0 Å². The van der Waals surface area contributed by atoms with Crippen molar-refractivity contribution < 1.29 is 0 Å². The molecule has 15 heavy (non-hydrogen) atoms. The van der Waals surface area contributed by atoms with Crippen LogP contribution in [0.1, 0.15) is 26.7 Å². The van der Waals surface area contributed by atoms with Crippen molar-refractivity contribution in [2.75, 3.05) is 40.3 Å². The molecular formula is C12H27N3. The fraction of sp³-hybridized carbons (Fsp3) is 1.00. The van der Waals surface area contributed by atoms with Crippen LogP contribution in [-0.2, 0) is 0 Å². The summed E-state index contributed by atoms with van der Waals surface area (Å²) in [4.78, 5) is 4.79. The van der Waals surface area contributed by atoms with E-state index in [1.807, 2.05) is 0 Å². The van der Waals surface area contributed by atoms with Gasteiger partial charge in [0, 0.05) is 18.6 Å². The van der Waals surface area contributed by atoms with Crippen LogP contribution in [-0.4, -0.2) is 55.6 Å². The summed E-state index contributed by atoms with van der Waals surface area (Å²) in [5, 5.41) is 0. The van der Waals surface area contributed by atoms with Gasteiger partial charge in [0.15, 0.2) is 0 Å². The highest BCUT2D eigenvalue weighted by molar-refractivity contribution is 4.78. The minimum absolute atomic E-state index is 0.0682. The van der Waals surface area contributed by atoms with Crippen LogP contribution in [0.2, 0.25) is 0 Å². The number of nitrogens with zero attached hydrogens (tertiary/aromatic N) is 2. The van der Waals surface area contributed by atoms with Gasteiger partial charge in [0.1, 0.15) is 0 Å². The number of hydrogen-bond acceptors (Lipinski definition) is 3. The van der Waals surface area contributed by atoms with Gasteiger partial charge in [-0.25, -0.2) is 0 Å². The van der Waals surface area contributed by atoms with Gasteiger partial charge in [-0.1, -0.05) is 0 Å². The first-order chi connectivity index (χ1) is 6.87. The predicted octanol–water partition coefficient (Wildman–Crippen LogP) is 0.997. The van der Waals surface area contributed by atoms with Crippen molar-refractivity contribution in [2.45, 2.75) is 32.2 Å². The van der Waals surface area contributed by atoms with Crippen LogP contribution in [0.15, 0.2) is 0 Å². The summed E-state index contributed by atoms with van der Waals surface area (Å²) in [5.41, 5.74) is 5.92. The van der Waals surface area contributed by atoms with E-state index in [1.54, 1.807) is 0 Å². The Bertz CT molecular complexity index is 186. The Morgan fingerprint density at radius 1 is 1.47 bits per heavy atom. The zero-order chi connectivity index (χ0) is 11.5. The van der Waals surface area contributed by atoms with E-state index in [9.17, 15) is 0 Å². The first-order valence-corrected chi connectivity index (χ1v) is 6.03. The Morgan fingerprint density at radius 2 is 2.13 bits per heavy atom. The zero-order valence-electron chi connectivity index (χ0n) is 10.8. The molecule has 0 bridgehead atoms. The fourth-order valence-corrected chi connectivity index (χ4v) is 2.44. The Morgan fingerprint density at radius 3 is 2.60 bits per heavy atom. The predicted molar refractivity (Wildman–Crippen MR) is 66.0 cm³/mol. The highest BCUT2D eigenvalue weighted by Gasteiger charge is 2.20. The molecule has 0 aromatic rings. The largest absolute Gasteiger partial charge is 0.324 e. The summed E-state index contributed by atoms with van der Waals surface area (Å²) in [6, 6.07) is 0. The normalized spacial score (nSPS) is 24.0. The molecule has 1 aliphatic heterocycles. The Labute approximate surface area is 94.6 Å². The number of hydrogen-bond donors (Lipinski definition) is 1. The van der Waals surface area contributed by atoms with Crippen molar-refractivity contribution in [2.24, 2.45) is 11.7 Å². The van der Waals surface area contributed by atoms with E-state index in [-0.39, 0.29) is 5.54 Å². The smallest absolute Gasteiger partial charge is 0.0225 e. The van der Waals surface area contributed by atoms with Crippen molar-refractivity contribution in [3.63, 3.8) is 0 Å². The molecule has 0 aliphatic carbocycles. The number of rotatable bonds is 5. The quantitative estimate of drug-likeness (QED) is 0.739.